The van der Waals surface area contributed by atoms with Crippen LogP contribution in [-0.4, -0.2) is 19.5 Å². The first-order chi connectivity index (χ1) is 29.0. The molecule has 0 amide bonds. The van der Waals surface area contributed by atoms with E-state index in [2.05, 4.69) is 152 Å². The molecule has 280 valence electrons. The Labute approximate surface area is 342 Å². The highest BCUT2D eigenvalue weighted by Gasteiger charge is 2.37. The number of fused-ring (bicyclic) bond motifs is 5. The lowest BCUT2D eigenvalue weighted by Gasteiger charge is -2.36. The quantitative estimate of drug-likeness (QED) is 0.169. The molecule has 0 fully saturated rings. The Hall–Kier alpha value is -7.63. The molecule has 0 saturated carbocycles. The number of nitrogens with zero attached hydrogens (tertiary/aromatic N) is 4. The average molecular weight is 759 g/mol. The minimum absolute atomic E-state index is 0.384. The molecule has 0 aliphatic carbocycles. The number of hydrogen-bond donors (Lipinski definition) is 0. The van der Waals surface area contributed by atoms with Gasteiger partial charge >= 0.3 is 0 Å². The Morgan fingerprint density at radius 2 is 0.847 bits per heavy atom. The van der Waals surface area contributed by atoms with E-state index in [4.69, 9.17) is 19.7 Å². The molecule has 11 rings (SSSR count). The summed E-state index contributed by atoms with van der Waals surface area (Å²) in [5, 5.41) is 2.38. The van der Waals surface area contributed by atoms with E-state index in [1.54, 1.807) is 0 Å². The van der Waals surface area contributed by atoms with Crippen LogP contribution >= 0.6 is 0 Å². The van der Waals surface area contributed by atoms with E-state index in [1.165, 1.54) is 21.9 Å². The average Bonchev–Trinajstić information content (AvgIpc) is 3.63. The molecular weight excluding hydrogens is 721 g/mol. The van der Waals surface area contributed by atoms with Crippen LogP contribution in [0.1, 0.15) is 25.0 Å². The zero-order chi connectivity index (χ0) is 39.5. The molecule has 1 aliphatic rings. The van der Waals surface area contributed by atoms with E-state index in [9.17, 15) is 0 Å². The van der Waals surface area contributed by atoms with Gasteiger partial charge in [-0.05, 0) is 59.2 Å². The van der Waals surface area contributed by atoms with Gasteiger partial charge in [0, 0.05) is 49.7 Å². The fourth-order valence-corrected chi connectivity index (χ4v) is 8.71. The molecule has 59 heavy (non-hydrogen) atoms. The largest absolute Gasteiger partial charge is 0.455 e. The summed E-state index contributed by atoms with van der Waals surface area (Å²) in [4.78, 5) is 15.2. The maximum atomic E-state index is 7.22. The van der Waals surface area contributed by atoms with E-state index in [0.29, 0.717) is 17.5 Å². The van der Waals surface area contributed by atoms with Crippen molar-refractivity contribution in [2.45, 2.75) is 19.3 Å². The van der Waals surface area contributed by atoms with Crippen LogP contribution in [-0.2, 0) is 5.41 Å². The number of benzene rings is 8. The van der Waals surface area contributed by atoms with Gasteiger partial charge in [-0.25, -0.2) is 15.0 Å². The summed E-state index contributed by atoms with van der Waals surface area (Å²) in [6.07, 6.45) is 0. The highest BCUT2D eigenvalue weighted by molar-refractivity contribution is 6.11. The molecule has 0 atom stereocenters. The van der Waals surface area contributed by atoms with Gasteiger partial charge in [-0.1, -0.05) is 166 Å². The topological polar surface area (TPSA) is 52.8 Å². The summed E-state index contributed by atoms with van der Waals surface area (Å²) in [6.45, 7) is 4.56. The lowest BCUT2D eigenvalue weighted by atomic mass is 9.74. The maximum absolute atomic E-state index is 7.22. The lowest BCUT2D eigenvalue weighted by Crippen LogP contribution is -2.25. The lowest BCUT2D eigenvalue weighted by molar-refractivity contribution is 0.421. The van der Waals surface area contributed by atoms with Crippen molar-refractivity contribution < 1.29 is 4.74 Å². The zero-order valence-electron chi connectivity index (χ0n) is 32.7. The molecule has 0 radical (unpaired) electrons. The van der Waals surface area contributed by atoms with Crippen LogP contribution in [0.3, 0.4) is 0 Å². The predicted octanol–water partition coefficient (Wildman–Crippen LogP) is 13.7. The number of hydrogen-bond acceptors (Lipinski definition) is 4. The molecule has 5 heteroatoms. The molecule has 0 N–H and O–H groups in total. The first-order valence-electron chi connectivity index (χ1n) is 20.0. The van der Waals surface area contributed by atoms with Gasteiger partial charge in [0.1, 0.15) is 11.5 Å². The second-order valence-corrected chi connectivity index (χ2v) is 15.6. The fraction of sp³-hybridized carbons (Fsp3) is 0.0556. The minimum atomic E-state index is -0.384. The summed E-state index contributed by atoms with van der Waals surface area (Å²) >= 11 is 0. The Bertz CT molecular complexity index is 3140. The molecule has 3 heterocycles. The molecule has 2 aromatic heterocycles. The van der Waals surface area contributed by atoms with E-state index in [1.807, 2.05) is 60.7 Å². The second kappa shape index (κ2) is 13.8. The highest BCUT2D eigenvalue weighted by atomic mass is 16.5. The van der Waals surface area contributed by atoms with Gasteiger partial charge in [-0.15, -0.1) is 0 Å². The van der Waals surface area contributed by atoms with Gasteiger partial charge in [0.15, 0.2) is 17.5 Å². The van der Waals surface area contributed by atoms with Gasteiger partial charge in [0.2, 0.25) is 0 Å². The summed E-state index contributed by atoms with van der Waals surface area (Å²) < 4.78 is 9.59. The molecule has 0 bridgehead atoms. The second-order valence-electron chi connectivity index (χ2n) is 15.6. The third-order valence-corrected chi connectivity index (χ3v) is 11.7. The first kappa shape index (κ1) is 34.6. The van der Waals surface area contributed by atoms with Crippen LogP contribution in [0.4, 0.5) is 0 Å². The van der Waals surface area contributed by atoms with Crippen molar-refractivity contribution in [1.29, 1.82) is 0 Å². The minimum Gasteiger partial charge on any atom is -0.455 e. The monoisotopic (exact) mass is 758 g/mol. The predicted molar refractivity (Wildman–Crippen MR) is 240 cm³/mol. The van der Waals surface area contributed by atoms with E-state index < -0.39 is 0 Å². The molecule has 10 aromatic rings. The third kappa shape index (κ3) is 5.81. The van der Waals surface area contributed by atoms with E-state index in [-0.39, 0.29) is 5.41 Å². The van der Waals surface area contributed by atoms with Gasteiger partial charge < -0.3 is 9.30 Å². The Morgan fingerprint density at radius 3 is 1.42 bits per heavy atom. The van der Waals surface area contributed by atoms with Crippen molar-refractivity contribution in [2.24, 2.45) is 0 Å². The standard InChI is InChI=1S/C54H38N4O/c1-54(2)45-27-15-25-41(39-30-32-48-44(34-39)43-33-38(35-17-7-3-8-18-35)29-31-47(43)58(48)40-23-13-6-14-24-40)49(45)59-50-42(26-16-28-46(50)54)53-56-51(36-19-9-4-10-20-36)55-52(57-53)37-21-11-5-12-22-37/h3-34H,1-2H3. The molecule has 1 aliphatic heterocycles. The zero-order valence-corrected chi connectivity index (χ0v) is 32.7. The molecule has 5 nitrogen and oxygen atoms in total. The van der Waals surface area contributed by atoms with Crippen molar-refractivity contribution >= 4 is 21.8 Å². The van der Waals surface area contributed by atoms with Gasteiger partial charge in [0.25, 0.3) is 0 Å². The third-order valence-electron chi connectivity index (χ3n) is 11.7. The summed E-state index contributed by atoms with van der Waals surface area (Å²) in [5.74, 6) is 3.39. The molecule has 0 unspecified atom stereocenters. The van der Waals surface area contributed by atoms with Crippen molar-refractivity contribution in [3.8, 4) is 73.6 Å². The SMILES string of the molecule is CC1(C)c2cccc(-c3ccc4c(c3)c3cc(-c5ccccc5)ccc3n4-c3ccccc3)c2Oc2c(-c3nc(-c4ccccc4)nc(-c4ccccc4)n3)cccc21. The Kier molecular flexibility index (Phi) is 8.09. The van der Waals surface area contributed by atoms with Crippen molar-refractivity contribution in [3.05, 3.63) is 205 Å². The maximum Gasteiger partial charge on any atom is 0.167 e. The number of rotatable bonds is 6. The van der Waals surface area contributed by atoms with Crippen LogP contribution in [0.2, 0.25) is 0 Å². The summed E-state index contributed by atoms with van der Waals surface area (Å²) in [5.41, 5.74) is 12.4. The van der Waals surface area contributed by atoms with Crippen LogP contribution in [0.25, 0.3) is 83.9 Å². The molecule has 8 aromatic carbocycles. The summed E-state index contributed by atoms with van der Waals surface area (Å²) in [7, 11) is 0. The van der Waals surface area contributed by atoms with Crippen molar-refractivity contribution in [3.63, 3.8) is 0 Å². The van der Waals surface area contributed by atoms with Gasteiger partial charge in [-0.3, -0.25) is 0 Å². The summed E-state index contributed by atoms with van der Waals surface area (Å²) in [6, 6.07) is 67.9. The number of aromatic nitrogens is 4. The van der Waals surface area contributed by atoms with Gasteiger partial charge in [0.05, 0.1) is 16.6 Å². The van der Waals surface area contributed by atoms with Crippen LogP contribution in [0, 0.1) is 0 Å². The van der Waals surface area contributed by atoms with Crippen LogP contribution in [0.5, 0.6) is 11.5 Å². The molecule has 0 saturated heterocycles. The fourth-order valence-electron chi connectivity index (χ4n) is 8.71. The number of ether oxygens (including phenoxy) is 1. The van der Waals surface area contributed by atoms with Crippen LogP contribution < -0.4 is 4.74 Å². The van der Waals surface area contributed by atoms with E-state index in [0.717, 1.165) is 67.2 Å². The highest BCUT2D eigenvalue weighted by Crippen LogP contribution is 2.54. The van der Waals surface area contributed by atoms with E-state index >= 15 is 0 Å². The first-order valence-corrected chi connectivity index (χ1v) is 20.0. The molecular formula is C54H38N4O. The Balaban J connectivity index is 1.09. The smallest absolute Gasteiger partial charge is 0.167 e. The van der Waals surface area contributed by atoms with Crippen molar-refractivity contribution in [1.82, 2.24) is 19.5 Å². The molecule has 0 spiro atoms. The van der Waals surface area contributed by atoms with Crippen LogP contribution in [0.15, 0.2) is 194 Å². The van der Waals surface area contributed by atoms with Crippen molar-refractivity contribution in [2.75, 3.05) is 0 Å². The number of para-hydroxylation sites is 3. The van der Waals surface area contributed by atoms with Gasteiger partial charge in [-0.2, -0.15) is 0 Å². The Morgan fingerprint density at radius 1 is 0.390 bits per heavy atom. The normalized spacial score (nSPS) is 12.8.